The predicted octanol–water partition coefficient (Wildman–Crippen LogP) is 3.29. The van der Waals surface area contributed by atoms with Crippen molar-refractivity contribution in [2.45, 2.75) is 24.2 Å². The van der Waals surface area contributed by atoms with Crippen molar-refractivity contribution in [1.29, 1.82) is 0 Å². The lowest BCUT2D eigenvalue weighted by Gasteiger charge is -2.17. The molecule has 1 amide bonds. The summed E-state index contributed by atoms with van der Waals surface area (Å²) in [5.74, 6) is -2.18. The Kier molecular flexibility index (Phi) is 4.99. The molecule has 0 saturated carbocycles. The number of halogens is 2. The van der Waals surface area contributed by atoms with E-state index in [0.717, 1.165) is 12.1 Å². The molecule has 1 aliphatic heterocycles. The second-order valence-electron chi connectivity index (χ2n) is 5.66. The predicted molar refractivity (Wildman–Crippen MR) is 93.5 cm³/mol. The van der Waals surface area contributed by atoms with Crippen LogP contribution in [-0.4, -0.2) is 20.2 Å². The van der Waals surface area contributed by atoms with Gasteiger partial charge in [-0.1, -0.05) is 12.1 Å². The van der Waals surface area contributed by atoms with Crippen molar-refractivity contribution in [3.8, 4) is 0 Å². The van der Waals surface area contributed by atoms with Crippen LogP contribution in [0.4, 0.5) is 20.2 Å². The van der Waals surface area contributed by atoms with Gasteiger partial charge in [-0.25, -0.2) is 8.78 Å². The molecule has 2 aromatic carbocycles. The van der Waals surface area contributed by atoms with Crippen LogP contribution >= 0.6 is 0 Å². The molecule has 6 nitrogen and oxygen atoms in total. The molecule has 0 atom stereocenters. The highest BCUT2D eigenvalue weighted by atomic mass is 32.2. The number of fused-ring (bicyclic) bond motifs is 1. The summed E-state index contributed by atoms with van der Waals surface area (Å²) in [6.07, 6.45) is 0.652. The SMILES string of the molecule is O=C(CCCC1=NS(=O)(=O)c2ccccc2N1)Nc1ccc(F)c(F)c1. The van der Waals surface area contributed by atoms with Crippen molar-refractivity contribution in [3.05, 3.63) is 54.1 Å². The van der Waals surface area contributed by atoms with Gasteiger partial charge in [0.15, 0.2) is 11.6 Å². The fraction of sp³-hybridized carbons (Fsp3) is 0.176. The zero-order chi connectivity index (χ0) is 18.7. The average Bonchev–Trinajstić information content (AvgIpc) is 2.58. The van der Waals surface area contributed by atoms with Crippen LogP contribution in [-0.2, 0) is 14.8 Å². The van der Waals surface area contributed by atoms with Crippen LogP contribution in [0.1, 0.15) is 19.3 Å². The molecule has 0 aliphatic carbocycles. The first-order valence-electron chi connectivity index (χ1n) is 7.80. The number of nitrogens with one attached hydrogen (secondary N) is 2. The highest BCUT2D eigenvalue weighted by Gasteiger charge is 2.23. The summed E-state index contributed by atoms with van der Waals surface area (Å²) in [6, 6.07) is 9.50. The van der Waals surface area contributed by atoms with Crippen molar-refractivity contribution >= 4 is 33.1 Å². The fourth-order valence-corrected chi connectivity index (χ4v) is 3.66. The molecule has 136 valence electrons. The van der Waals surface area contributed by atoms with Gasteiger partial charge in [-0.2, -0.15) is 8.42 Å². The number of hydrogen-bond acceptors (Lipinski definition) is 4. The molecule has 0 spiro atoms. The third kappa shape index (κ3) is 4.05. The first-order chi connectivity index (χ1) is 12.3. The number of carbonyl (C=O) groups excluding carboxylic acids is 1. The van der Waals surface area contributed by atoms with Crippen LogP contribution in [0.2, 0.25) is 0 Å². The Labute approximate surface area is 149 Å². The molecular weight excluding hydrogens is 364 g/mol. The number of amidine groups is 1. The summed E-state index contributed by atoms with van der Waals surface area (Å²) in [6.45, 7) is 0. The molecule has 0 fully saturated rings. The minimum Gasteiger partial charge on any atom is -0.342 e. The van der Waals surface area contributed by atoms with Crippen molar-refractivity contribution in [2.24, 2.45) is 4.40 Å². The Balaban J connectivity index is 1.56. The van der Waals surface area contributed by atoms with Gasteiger partial charge in [-0.15, -0.1) is 4.40 Å². The van der Waals surface area contributed by atoms with E-state index in [-0.39, 0.29) is 29.3 Å². The van der Waals surface area contributed by atoms with Crippen LogP contribution in [0.25, 0.3) is 0 Å². The Hall–Kier alpha value is -2.81. The normalized spacial score (nSPS) is 14.8. The second kappa shape index (κ2) is 7.20. The van der Waals surface area contributed by atoms with E-state index in [9.17, 15) is 22.0 Å². The Morgan fingerprint density at radius 2 is 1.88 bits per heavy atom. The van der Waals surface area contributed by atoms with Gasteiger partial charge < -0.3 is 10.6 Å². The van der Waals surface area contributed by atoms with Gasteiger partial charge in [0.25, 0.3) is 10.0 Å². The van der Waals surface area contributed by atoms with E-state index in [4.69, 9.17) is 0 Å². The van der Waals surface area contributed by atoms with Gasteiger partial charge in [-0.3, -0.25) is 4.79 Å². The fourth-order valence-electron chi connectivity index (χ4n) is 2.49. The first kappa shape index (κ1) is 18.0. The van der Waals surface area contributed by atoms with Gasteiger partial charge in [0.2, 0.25) is 5.91 Å². The van der Waals surface area contributed by atoms with Crippen LogP contribution in [0, 0.1) is 11.6 Å². The number of anilines is 2. The van der Waals surface area contributed by atoms with Crippen molar-refractivity contribution in [3.63, 3.8) is 0 Å². The van der Waals surface area contributed by atoms with Gasteiger partial charge in [0.1, 0.15) is 10.7 Å². The molecule has 9 heteroatoms. The van der Waals surface area contributed by atoms with E-state index >= 15 is 0 Å². The van der Waals surface area contributed by atoms with Crippen LogP contribution in [0.15, 0.2) is 51.8 Å². The molecule has 0 saturated heterocycles. The number of hydrogen-bond donors (Lipinski definition) is 2. The van der Waals surface area contributed by atoms with Crippen molar-refractivity contribution in [1.82, 2.24) is 0 Å². The minimum absolute atomic E-state index is 0.0708. The van der Waals surface area contributed by atoms with E-state index < -0.39 is 27.6 Å². The molecule has 2 N–H and O–H groups in total. The molecule has 1 heterocycles. The summed E-state index contributed by atoms with van der Waals surface area (Å²) >= 11 is 0. The highest BCUT2D eigenvalue weighted by Crippen LogP contribution is 2.27. The Morgan fingerprint density at radius 1 is 1.12 bits per heavy atom. The third-order valence-electron chi connectivity index (χ3n) is 3.70. The first-order valence-corrected chi connectivity index (χ1v) is 9.24. The van der Waals surface area contributed by atoms with Crippen LogP contribution in [0.3, 0.4) is 0 Å². The lowest BCUT2D eigenvalue weighted by molar-refractivity contribution is -0.116. The maximum Gasteiger partial charge on any atom is 0.286 e. The standard InChI is InChI=1S/C17H15F2N3O3S/c18-12-9-8-11(10-13(12)19)20-17(23)7-3-6-16-21-14-4-1-2-5-15(14)26(24,25)22-16/h1-2,4-5,8-10H,3,6-7H2,(H,20,23)(H,21,22). The van der Waals surface area contributed by atoms with E-state index in [0.29, 0.717) is 12.1 Å². The third-order valence-corrected chi connectivity index (χ3v) is 5.07. The highest BCUT2D eigenvalue weighted by molar-refractivity contribution is 7.90. The van der Waals surface area contributed by atoms with E-state index in [2.05, 4.69) is 15.0 Å². The molecule has 0 aromatic heterocycles. The number of nitrogens with zero attached hydrogens (tertiary/aromatic N) is 1. The second-order valence-corrected chi connectivity index (χ2v) is 7.24. The maximum absolute atomic E-state index is 13.1. The number of rotatable bonds is 5. The molecule has 2 aromatic rings. The monoisotopic (exact) mass is 379 g/mol. The smallest absolute Gasteiger partial charge is 0.286 e. The number of amides is 1. The topological polar surface area (TPSA) is 87.6 Å². The zero-order valence-electron chi connectivity index (χ0n) is 13.5. The average molecular weight is 379 g/mol. The van der Waals surface area contributed by atoms with Gasteiger partial charge in [0.05, 0.1) is 5.69 Å². The van der Waals surface area contributed by atoms with Crippen molar-refractivity contribution < 1.29 is 22.0 Å². The number of benzene rings is 2. The van der Waals surface area contributed by atoms with Gasteiger partial charge in [-0.05, 0) is 30.7 Å². The minimum atomic E-state index is -3.75. The van der Waals surface area contributed by atoms with Crippen molar-refractivity contribution in [2.75, 3.05) is 10.6 Å². The van der Waals surface area contributed by atoms with Crippen LogP contribution < -0.4 is 10.6 Å². The van der Waals surface area contributed by atoms with Gasteiger partial charge >= 0.3 is 0 Å². The molecule has 0 unspecified atom stereocenters. The summed E-state index contributed by atoms with van der Waals surface area (Å²) < 4.78 is 53.9. The molecule has 26 heavy (non-hydrogen) atoms. The van der Waals surface area contributed by atoms with E-state index in [1.165, 1.54) is 12.1 Å². The number of para-hydroxylation sites is 1. The van der Waals surface area contributed by atoms with E-state index in [1.54, 1.807) is 18.2 Å². The quantitative estimate of drug-likeness (QED) is 0.835. The summed E-state index contributed by atoms with van der Waals surface area (Å²) in [5.41, 5.74) is 0.599. The lowest BCUT2D eigenvalue weighted by Crippen LogP contribution is -2.22. The summed E-state index contributed by atoms with van der Waals surface area (Å²) in [5, 5.41) is 5.39. The number of sulfonamides is 1. The molecule has 0 radical (unpaired) electrons. The van der Waals surface area contributed by atoms with E-state index in [1.807, 2.05) is 0 Å². The molecular formula is C17H15F2N3O3S. The Morgan fingerprint density at radius 3 is 2.65 bits per heavy atom. The summed E-state index contributed by atoms with van der Waals surface area (Å²) in [4.78, 5) is 12.0. The summed E-state index contributed by atoms with van der Waals surface area (Å²) in [7, 11) is -3.75. The Bertz CT molecular complexity index is 990. The molecule has 1 aliphatic rings. The molecule has 0 bridgehead atoms. The zero-order valence-corrected chi connectivity index (χ0v) is 14.3. The van der Waals surface area contributed by atoms with Crippen LogP contribution in [0.5, 0.6) is 0 Å². The molecule has 3 rings (SSSR count). The maximum atomic E-state index is 13.1. The largest absolute Gasteiger partial charge is 0.342 e. The number of carbonyl (C=O) groups is 1. The lowest BCUT2D eigenvalue weighted by atomic mass is 10.2. The van der Waals surface area contributed by atoms with Gasteiger partial charge in [0, 0.05) is 24.6 Å².